The van der Waals surface area contributed by atoms with Gasteiger partial charge in [0.25, 0.3) is 5.56 Å². The predicted molar refractivity (Wildman–Crippen MR) is 101 cm³/mol. The summed E-state index contributed by atoms with van der Waals surface area (Å²) in [5.41, 5.74) is 7.32. The summed E-state index contributed by atoms with van der Waals surface area (Å²) in [6.45, 7) is 5.06. The number of nitrogens with zero attached hydrogens (tertiary/aromatic N) is 2. The van der Waals surface area contributed by atoms with Gasteiger partial charge in [-0.3, -0.25) is 25.5 Å². The highest BCUT2D eigenvalue weighted by molar-refractivity contribution is 9.10. The van der Waals surface area contributed by atoms with Crippen molar-refractivity contribution in [2.24, 2.45) is 4.99 Å². The molecule has 0 bridgehead atoms. The summed E-state index contributed by atoms with van der Waals surface area (Å²) in [4.78, 5) is 27.3. The number of carbonyl (C=O) groups is 1. The number of thiocarbonyl (C=S) groups is 1. The zero-order chi connectivity index (χ0) is 17.9. The third-order valence-corrected chi connectivity index (χ3v) is 4.27. The molecule has 0 saturated carbocycles. The smallest absolute Gasteiger partial charge is 0.280 e. The van der Waals surface area contributed by atoms with Crippen LogP contribution in [0.15, 0.2) is 32.5 Å². The van der Waals surface area contributed by atoms with Crippen molar-refractivity contribution in [3.63, 3.8) is 0 Å². The minimum absolute atomic E-state index is 0.0521. The van der Waals surface area contributed by atoms with Crippen LogP contribution in [0.3, 0.4) is 0 Å². The van der Waals surface area contributed by atoms with Gasteiger partial charge in [-0.15, -0.1) is 0 Å². The SMILES string of the molecule is CC(=O)NNC(=S)N=Cc1c(C)[nH]n(-c2ccc(Br)c(C)c2)c1=O. The van der Waals surface area contributed by atoms with Crippen molar-refractivity contribution < 1.29 is 4.79 Å². The van der Waals surface area contributed by atoms with Crippen LogP contribution in [-0.2, 0) is 4.79 Å². The number of aryl methyl sites for hydroxylation is 2. The molecule has 2 rings (SSSR count). The molecule has 24 heavy (non-hydrogen) atoms. The van der Waals surface area contributed by atoms with Crippen molar-refractivity contribution in [2.45, 2.75) is 20.8 Å². The molecule has 1 amide bonds. The summed E-state index contributed by atoms with van der Waals surface area (Å²) in [5.74, 6) is -0.293. The van der Waals surface area contributed by atoms with Gasteiger partial charge in [-0.1, -0.05) is 15.9 Å². The molecule has 0 fully saturated rings. The fourth-order valence-electron chi connectivity index (χ4n) is 1.96. The third-order valence-electron chi connectivity index (χ3n) is 3.17. The molecule has 0 saturated heterocycles. The highest BCUT2D eigenvalue weighted by Gasteiger charge is 2.11. The van der Waals surface area contributed by atoms with Crippen LogP contribution in [0.25, 0.3) is 5.69 Å². The summed E-state index contributed by atoms with van der Waals surface area (Å²) < 4.78 is 2.42. The number of carbonyl (C=O) groups excluding carboxylic acids is 1. The Morgan fingerprint density at radius 3 is 2.71 bits per heavy atom. The van der Waals surface area contributed by atoms with Crippen molar-refractivity contribution in [2.75, 3.05) is 0 Å². The fourth-order valence-corrected chi connectivity index (χ4v) is 2.31. The molecule has 7 nitrogen and oxygen atoms in total. The Bertz CT molecular complexity index is 884. The summed E-state index contributed by atoms with van der Waals surface area (Å²) in [6.07, 6.45) is 1.37. The van der Waals surface area contributed by atoms with Crippen LogP contribution in [0.4, 0.5) is 0 Å². The van der Waals surface area contributed by atoms with Crippen LogP contribution in [0.5, 0.6) is 0 Å². The monoisotopic (exact) mass is 409 g/mol. The molecular weight excluding hydrogens is 394 g/mol. The maximum atomic E-state index is 12.6. The van der Waals surface area contributed by atoms with E-state index in [-0.39, 0.29) is 16.6 Å². The number of hydrazine groups is 1. The van der Waals surface area contributed by atoms with Crippen LogP contribution in [0, 0.1) is 13.8 Å². The quantitative estimate of drug-likeness (QED) is 0.401. The second-order valence-electron chi connectivity index (χ2n) is 5.09. The van der Waals surface area contributed by atoms with Crippen LogP contribution in [-0.4, -0.2) is 27.0 Å². The van der Waals surface area contributed by atoms with E-state index in [0.717, 1.165) is 15.7 Å². The first-order chi connectivity index (χ1) is 11.3. The Morgan fingerprint density at radius 1 is 1.38 bits per heavy atom. The van der Waals surface area contributed by atoms with Crippen LogP contribution < -0.4 is 16.4 Å². The lowest BCUT2D eigenvalue weighted by atomic mass is 10.2. The van der Waals surface area contributed by atoms with Gasteiger partial charge >= 0.3 is 0 Å². The van der Waals surface area contributed by atoms with E-state index in [2.05, 4.69) is 36.9 Å². The van der Waals surface area contributed by atoms with Crippen molar-refractivity contribution >= 4 is 45.4 Å². The van der Waals surface area contributed by atoms with Crippen LogP contribution in [0.1, 0.15) is 23.7 Å². The topological polar surface area (TPSA) is 91.3 Å². The van der Waals surface area contributed by atoms with E-state index in [1.807, 2.05) is 25.1 Å². The summed E-state index contributed by atoms with van der Waals surface area (Å²) in [5, 5.41) is 3.07. The number of aliphatic imine (C=N–C) groups is 1. The highest BCUT2D eigenvalue weighted by Crippen LogP contribution is 2.18. The van der Waals surface area contributed by atoms with Gasteiger partial charge in [0.05, 0.1) is 11.3 Å². The molecule has 3 N–H and O–H groups in total. The number of halogens is 1. The summed E-state index contributed by atoms with van der Waals surface area (Å²) >= 11 is 8.38. The van der Waals surface area contributed by atoms with E-state index in [1.54, 1.807) is 6.92 Å². The molecule has 0 aliphatic heterocycles. The molecule has 1 heterocycles. The largest absolute Gasteiger partial charge is 0.295 e. The number of benzene rings is 1. The Hall–Kier alpha value is -2.26. The number of rotatable bonds is 2. The number of aromatic nitrogens is 2. The molecule has 1 aromatic carbocycles. The van der Waals surface area contributed by atoms with E-state index >= 15 is 0 Å². The van der Waals surface area contributed by atoms with Crippen LogP contribution in [0.2, 0.25) is 0 Å². The average Bonchev–Trinajstić information content (AvgIpc) is 2.80. The van der Waals surface area contributed by atoms with Crippen LogP contribution >= 0.6 is 28.1 Å². The molecule has 0 aliphatic carbocycles. The zero-order valence-electron chi connectivity index (χ0n) is 13.3. The lowest BCUT2D eigenvalue weighted by Gasteiger charge is -2.04. The summed E-state index contributed by atoms with van der Waals surface area (Å²) in [6, 6.07) is 5.61. The van der Waals surface area contributed by atoms with Gasteiger partial charge in [0.1, 0.15) is 0 Å². The minimum Gasteiger partial charge on any atom is -0.295 e. The van der Waals surface area contributed by atoms with Gasteiger partial charge in [-0.2, -0.15) is 0 Å². The van der Waals surface area contributed by atoms with E-state index < -0.39 is 0 Å². The number of hydrogen-bond donors (Lipinski definition) is 3. The van der Waals surface area contributed by atoms with Gasteiger partial charge in [0.2, 0.25) is 11.0 Å². The average molecular weight is 410 g/mol. The molecule has 0 spiro atoms. The van der Waals surface area contributed by atoms with Crippen molar-refractivity contribution in [3.8, 4) is 5.69 Å². The molecular formula is C15H16BrN5O2S. The van der Waals surface area contributed by atoms with E-state index in [9.17, 15) is 9.59 Å². The number of nitrogens with one attached hydrogen (secondary N) is 3. The number of amides is 1. The lowest BCUT2D eigenvalue weighted by molar-refractivity contribution is -0.119. The Kier molecular flexibility index (Phi) is 5.68. The zero-order valence-corrected chi connectivity index (χ0v) is 15.7. The first-order valence-electron chi connectivity index (χ1n) is 6.98. The normalized spacial score (nSPS) is 10.8. The van der Waals surface area contributed by atoms with Crippen molar-refractivity contribution in [1.29, 1.82) is 0 Å². The van der Waals surface area contributed by atoms with Gasteiger partial charge < -0.3 is 0 Å². The van der Waals surface area contributed by atoms with Gasteiger partial charge in [-0.25, -0.2) is 9.67 Å². The summed E-state index contributed by atoms with van der Waals surface area (Å²) in [7, 11) is 0. The van der Waals surface area contributed by atoms with E-state index in [4.69, 9.17) is 12.2 Å². The number of hydrogen-bond acceptors (Lipinski definition) is 3. The minimum atomic E-state index is -0.293. The highest BCUT2D eigenvalue weighted by atomic mass is 79.9. The van der Waals surface area contributed by atoms with Gasteiger partial charge in [0, 0.05) is 23.3 Å². The molecule has 0 atom stereocenters. The molecule has 0 aliphatic rings. The maximum Gasteiger partial charge on any atom is 0.280 e. The van der Waals surface area contributed by atoms with E-state index in [0.29, 0.717) is 11.3 Å². The second kappa shape index (κ2) is 7.54. The Morgan fingerprint density at radius 2 is 2.08 bits per heavy atom. The van der Waals surface area contributed by atoms with E-state index in [1.165, 1.54) is 17.8 Å². The molecule has 126 valence electrons. The third kappa shape index (κ3) is 4.18. The number of aromatic amines is 1. The predicted octanol–water partition coefficient (Wildman–Crippen LogP) is 1.89. The van der Waals surface area contributed by atoms with Crippen molar-refractivity contribution in [3.05, 3.63) is 49.8 Å². The number of H-pyrrole nitrogens is 1. The Labute approximate surface area is 152 Å². The van der Waals surface area contributed by atoms with Crippen molar-refractivity contribution in [1.82, 2.24) is 20.6 Å². The maximum absolute atomic E-state index is 12.6. The molecule has 9 heteroatoms. The fraction of sp³-hybridized carbons (Fsp3) is 0.200. The second-order valence-corrected chi connectivity index (χ2v) is 6.34. The standard InChI is InChI=1S/C15H16BrN5O2S/c1-8-6-11(4-5-13(8)16)21-14(23)12(9(2)20-21)7-17-15(24)19-18-10(3)22/h4-7,20H,1-3H3,(H,18,22)(H,19,24). The lowest BCUT2D eigenvalue weighted by Crippen LogP contribution is -2.38. The molecule has 0 unspecified atom stereocenters. The first kappa shape index (κ1) is 18.1. The molecule has 2 aromatic rings. The molecule has 1 aromatic heterocycles. The van der Waals surface area contributed by atoms with Gasteiger partial charge in [0.15, 0.2) is 0 Å². The molecule has 0 radical (unpaired) electrons. The Balaban J connectivity index is 2.29. The first-order valence-corrected chi connectivity index (χ1v) is 8.18. The van der Waals surface area contributed by atoms with Gasteiger partial charge in [-0.05, 0) is 49.8 Å².